The van der Waals surface area contributed by atoms with Gasteiger partial charge in [0.15, 0.2) is 0 Å². The summed E-state index contributed by atoms with van der Waals surface area (Å²) in [5, 5.41) is 8.51. The van der Waals surface area contributed by atoms with Crippen molar-refractivity contribution >= 4 is 5.97 Å². The molecule has 0 amide bonds. The molecule has 0 aromatic rings. The molecule has 0 atom stereocenters. The van der Waals surface area contributed by atoms with Crippen LogP contribution in [-0.2, 0) is 4.79 Å². The SMILES string of the molecule is CC/C=C\C/C=C\C/C=C\C/C=C\C/C=C\CCCCC(=O)O. The third-order valence-corrected chi connectivity index (χ3v) is 3.17. The number of hydrogen-bond donors (Lipinski definition) is 1. The fourth-order valence-corrected chi connectivity index (χ4v) is 1.91. The van der Waals surface area contributed by atoms with E-state index in [2.05, 4.69) is 67.7 Å². The van der Waals surface area contributed by atoms with Gasteiger partial charge in [0, 0.05) is 6.42 Å². The van der Waals surface area contributed by atoms with E-state index in [1.165, 1.54) is 0 Å². The van der Waals surface area contributed by atoms with Gasteiger partial charge >= 0.3 is 5.97 Å². The molecule has 0 saturated carbocycles. The lowest BCUT2D eigenvalue weighted by atomic mass is 10.2. The highest BCUT2D eigenvalue weighted by Gasteiger charge is 1.93. The lowest BCUT2D eigenvalue weighted by Gasteiger charge is -1.92. The molecule has 0 heterocycles. The first-order chi connectivity index (χ1) is 11.3. The van der Waals surface area contributed by atoms with Crippen molar-refractivity contribution in [2.45, 2.75) is 64.7 Å². The van der Waals surface area contributed by atoms with Crippen molar-refractivity contribution in [3.05, 3.63) is 60.8 Å². The second-order valence-electron chi connectivity index (χ2n) is 5.35. The van der Waals surface area contributed by atoms with Gasteiger partial charge in [0.25, 0.3) is 0 Å². The molecule has 0 radical (unpaired) electrons. The van der Waals surface area contributed by atoms with E-state index >= 15 is 0 Å². The molecule has 1 N–H and O–H groups in total. The van der Waals surface area contributed by atoms with Gasteiger partial charge in [0.05, 0.1) is 0 Å². The standard InChI is InChI=1S/C21H32O2/c1-2-3-4-5-6-7-8-9-10-11-12-13-14-15-16-17-18-19-20-21(22)23/h3-4,6-7,9-10,12-13,15-16H,2,5,8,11,14,17-20H2,1H3,(H,22,23)/b4-3-,7-6-,10-9-,13-12-,16-15-. The number of carbonyl (C=O) groups is 1. The summed E-state index contributed by atoms with van der Waals surface area (Å²) < 4.78 is 0. The van der Waals surface area contributed by atoms with Gasteiger partial charge in [-0.15, -0.1) is 0 Å². The Bertz CT molecular complexity index is 412. The predicted octanol–water partition coefficient (Wildman–Crippen LogP) is 6.38. The molecule has 0 aromatic heterocycles. The van der Waals surface area contributed by atoms with Crippen LogP contribution in [0.2, 0.25) is 0 Å². The van der Waals surface area contributed by atoms with Gasteiger partial charge in [-0.3, -0.25) is 4.79 Å². The van der Waals surface area contributed by atoms with Crippen LogP contribution in [0.5, 0.6) is 0 Å². The van der Waals surface area contributed by atoms with Crippen LogP contribution < -0.4 is 0 Å². The highest BCUT2D eigenvalue weighted by molar-refractivity contribution is 5.66. The maximum atomic E-state index is 10.3. The molecule has 23 heavy (non-hydrogen) atoms. The lowest BCUT2D eigenvalue weighted by Crippen LogP contribution is -1.92. The summed E-state index contributed by atoms with van der Waals surface area (Å²) >= 11 is 0. The van der Waals surface area contributed by atoms with Crippen LogP contribution in [0.3, 0.4) is 0 Å². The molecule has 0 saturated heterocycles. The molecule has 0 aliphatic heterocycles. The fourth-order valence-electron chi connectivity index (χ4n) is 1.91. The molecule has 128 valence electrons. The number of carboxylic acid groups (broad SMARTS) is 1. The van der Waals surface area contributed by atoms with E-state index in [1.54, 1.807) is 0 Å². The minimum absolute atomic E-state index is 0.282. The van der Waals surface area contributed by atoms with Crippen molar-refractivity contribution in [1.29, 1.82) is 0 Å². The van der Waals surface area contributed by atoms with Crippen LogP contribution in [0.25, 0.3) is 0 Å². The zero-order valence-corrected chi connectivity index (χ0v) is 14.5. The van der Waals surface area contributed by atoms with E-state index in [-0.39, 0.29) is 6.42 Å². The number of rotatable bonds is 14. The van der Waals surface area contributed by atoms with Crippen LogP contribution in [0.15, 0.2) is 60.8 Å². The van der Waals surface area contributed by atoms with E-state index in [1.807, 2.05) is 0 Å². The van der Waals surface area contributed by atoms with Gasteiger partial charge in [0.2, 0.25) is 0 Å². The summed E-state index contributed by atoms with van der Waals surface area (Å²) in [6.45, 7) is 2.15. The molecule has 0 fully saturated rings. The first kappa shape index (κ1) is 21.2. The minimum Gasteiger partial charge on any atom is -0.481 e. The Hall–Kier alpha value is -1.83. The average molecular weight is 316 g/mol. The highest BCUT2D eigenvalue weighted by atomic mass is 16.4. The van der Waals surface area contributed by atoms with Gasteiger partial charge in [-0.2, -0.15) is 0 Å². The minimum atomic E-state index is -0.700. The highest BCUT2D eigenvalue weighted by Crippen LogP contribution is 2.01. The lowest BCUT2D eigenvalue weighted by molar-refractivity contribution is -0.137. The summed E-state index contributed by atoms with van der Waals surface area (Å²) in [6, 6.07) is 0. The monoisotopic (exact) mass is 316 g/mol. The van der Waals surface area contributed by atoms with E-state index in [0.717, 1.165) is 51.4 Å². The Morgan fingerprint density at radius 2 is 1.13 bits per heavy atom. The van der Waals surface area contributed by atoms with E-state index in [0.29, 0.717) is 0 Å². The second-order valence-corrected chi connectivity index (χ2v) is 5.35. The zero-order chi connectivity index (χ0) is 17.0. The quantitative estimate of drug-likeness (QED) is 0.298. The number of allylic oxidation sites excluding steroid dienone is 10. The predicted molar refractivity (Wildman–Crippen MR) is 101 cm³/mol. The molecule has 0 unspecified atom stereocenters. The number of carboxylic acids is 1. The molecule has 0 aliphatic rings. The molecular weight excluding hydrogens is 284 g/mol. The van der Waals surface area contributed by atoms with Gasteiger partial charge in [-0.25, -0.2) is 0 Å². The Morgan fingerprint density at radius 3 is 1.57 bits per heavy atom. The van der Waals surface area contributed by atoms with Crippen LogP contribution in [0.4, 0.5) is 0 Å². The molecule has 0 aliphatic carbocycles. The topological polar surface area (TPSA) is 37.3 Å². The maximum absolute atomic E-state index is 10.3. The van der Waals surface area contributed by atoms with Crippen LogP contribution in [-0.4, -0.2) is 11.1 Å². The van der Waals surface area contributed by atoms with E-state index in [9.17, 15) is 4.79 Å². The van der Waals surface area contributed by atoms with Crippen molar-refractivity contribution in [2.24, 2.45) is 0 Å². The number of hydrogen-bond acceptors (Lipinski definition) is 1. The van der Waals surface area contributed by atoms with Crippen molar-refractivity contribution in [3.63, 3.8) is 0 Å². The summed E-state index contributed by atoms with van der Waals surface area (Å²) in [5.41, 5.74) is 0. The smallest absolute Gasteiger partial charge is 0.303 e. The van der Waals surface area contributed by atoms with Crippen LogP contribution in [0.1, 0.15) is 64.7 Å². The molecule has 2 nitrogen and oxygen atoms in total. The van der Waals surface area contributed by atoms with Crippen molar-refractivity contribution in [3.8, 4) is 0 Å². The Labute approximate surface area is 142 Å². The van der Waals surface area contributed by atoms with Gasteiger partial charge in [0.1, 0.15) is 0 Å². The third-order valence-electron chi connectivity index (χ3n) is 3.17. The van der Waals surface area contributed by atoms with Crippen LogP contribution in [0, 0.1) is 0 Å². The third kappa shape index (κ3) is 20.2. The number of aliphatic carboxylic acids is 1. The summed E-state index contributed by atoms with van der Waals surface area (Å²) in [5.74, 6) is -0.700. The molecule has 0 bridgehead atoms. The molecule has 0 spiro atoms. The van der Waals surface area contributed by atoms with E-state index < -0.39 is 5.97 Å². The fraction of sp³-hybridized carbons (Fsp3) is 0.476. The molecule has 2 heteroatoms. The summed E-state index contributed by atoms with van der Waals surface area (Å²) in [6.07, 6.45) is 29.9. The Balaban J connectivity index is 3.44. The molecule has 0 rings (SSSR count). The Kier molecular flexibility index (Phi) is 16.8. The molecular formula is C21H32O2. The van der Waals surface area contributed by atoms with Crippen LogP contribution >= 0.6 is 0 Å². The van der Waals surface area contributed by atoms with Crippen molar-refractivity contribution in [2.75, 3.05) is 0 Å². The maximum Gasteiger partial charge on any atom is 0.303 e. The van der Waals surface area contributed by atoms with Crippen molar-refractivity contribution in [1.82, 2.24) is 0 Å². The summed E-state index contributed by atoms with van der Waals surface area (Å²) in [7, 11) is 0. The first-order valence-electron chi connectivity index (χ1n) is 8.74. The van der Waals surface area contributed by atoms with Gasteiger partial charge < -0.3 is 5.11 Å². The zero-order valence-electron chi connectivity index (χ0n) is 14.5. The summed E-state index contributed by atoms with van der Waals surface area (Å²) in [4.78, 5) is 10.3. The molecule has 0 aromatic carbocycles. The first-order valence-corrected chi connectivity index (χ1v) is 8.74. The van der Waals surface area contributed by atoms with Gasteiger partial charge in [-0.1, -0.05) is 67.7 Å². The largest absolute Gasteiger partial charge is 0.481 e. The normalized spacial score (nSPS) is 12.7. The average Bonchev–Trinajstić information content (AvgIpc) is 2.53. The Morgan fingerprint density at radius 1 is 0.696 bits per heavy atom. The van der Waals surface area contributed by atoms with Gasteiger partial charge in [-0.05, 0) is 51.4 Å². The second kappa shape index (κ2) is 18.2. The van der Waals surface area contributed by atoms with E-state index in [4.69, 9.17) is 5.11 Å². The van der Waals surface area contributed by atoms with Crippen molar-refractivity contribution < 1.29 is 9.90 Å². The number of unbranched alkanes of at least 4 members (excludes halogenated alkanes) is 2.